The smallest absolute Gasteiger partial charge is 0.264 e. The van der Waals surface area contributed by atoms with Crippen LogP contribution in [0.2, 0.25) is 0 Å². The number of hydrogen-bond donors (Lipinski definition) is 1. The van der Waals surface area contributed by atoms with Crippen LogP contribution in [0.3, 0.4) is 0 Å². The van der Waals surface area contributed by atoms with Crippen molar-refractivity contribution in [3.63, 3.8) is 0 Å². The van der Waals surface area contributed by atoms with Gasteiger partial charge in [-0.3, -0.25) is 13.9 Å². The van der Waals surface area contributed by atoms with Crippen molar-refractivity contribution in [2.24, 2.45) is 0 Å². The number of carbonyl (C=O) groups excluding carboxylic acids is 2. The summed E-state index contributed by atoms with van der Waals surface area (Å²) in [6.45, 7) is 7.10. The van der Waals surface area contributed by atoms with Gasteiger partial charge >= 0.3 is 0 Å². The molecular weight excluding hydrogens is 505 g/mol. The lowest BCUT2D eigenvalue weighted by Gasteiger charge is -2.33. The molecule has 1 atom stereocenters. The third kappa shape index (κ3) is 6.77. The molecule has 202 valence electrons. The quantitative estimate of drug-likeness (QED) is 0.387. The maximum atomic E-state index is 15.0. The molecule has 0 spiro atoms. The van der Waals surface area contributed by atoms with Crippen LogP contribution in [0.25, 0.3) is 0 Å². The molecule has 2 amide bonds. The predicted octanol–water partition coefficient (Wildman–Crippen LogP) is 4.58. The number of anilines is 1. The maximum absolute atomic E-state index is 15.0. The van der Waals surface area contributed by atoms with Gasteiger partial charge in [-0.05, 0) is 57.0 Å². The van der Waals surface area contributed by atoms with E-state index in [9.17, 15) is 22.4 Å². The van der Waals surface area contributed by atoms with Gasteiger partial charge in [0.2, 0.25) is 11.8 Å². The lowest BCUT2D eigenvalue weighted by Crippen LogP contribution is -2.52. The molecule has 0 heterocycles. The number of amides is 2. The Hall–Kier alpha value is -3.72. The Morgan fingerprint density at radius 1 is 0.921 bits per heavy atom. The van der Waals surface area contributed by atoms with Gasteiger partial charge in [0, 0.05) is 13.1 Å². The van der Waals surface area contributed by atoms with Crippen molar-refractivity contribution >= 4 is 27.5 Å². The maximum Gasteiger partial charge on any atom is 0.264 e. The summed E-state index contributed by atoms with van der Waals surface area (Å²) in [5.41, 5.74) is 2.38. The van der Waals surface area contributed by atoms with Crippen LogP contribution in [-0.4, -0.2) is 44.3 Å². The number of aryl methyl sites for hydroxylation is 2. The van der Waals surface area contributed by atoms with Crippen LogP contribution in [0.5, 0.6) is 0 Å². The van der Waals surface area contributed by atoms with Gasteiger partial charge in [0.1, 0.15) is 18.4 Å². The lowest BCUT2D eigenvalue weighted by molar-refractivity contribution is -0.140. The van der Waals surface area contributed by atoms with Crippen LogP contribution >= 0.6 is 0 Å². The van der Waals surface area contributed by atoms with Gasteiger partial charge in [-0.2, -0.15) is 0 Å². The van der Waals surface area contributed by atoms with E-state index in [0.717, 1.165) is 27.1 Å². The number of benzene rings is 3. The van der Waals surface area contributed by atoms with Gasteiger partial charge in [-0.25, -0.2) is 12.8 Å². The fourth-order valence-corrected chi connectivity index (χ4v) is 5.65. The SMILES string of the molecule is CCNC(=O)[C@H](CC)N(Cc1cccc(C)c1)C(=O)CN(c1ccccc1F)S(=O)(=O)c1ccc(C)cc1. The van der Waals surface area contributed by atoms with E-state index in [0.29, 0.717) is 13.0 Å². The lowest BCUT2D eigenvalue weighted by atomic mass is 10.1. The first kappa shape index (κ1) is 28.8. The molecule has 0 unspecified atom stereocenters. The minimum atomic E-state index is -4.32. The van der Waals surface area contributed by atoms with Gasteiger partial charge in [0.05, 0.1) is 10.6 Å². The van der Waals surface area contributed by atoms with Crippen molar-refractivity contribution in [3.05, 3.63) is 95.3 Å². The predicted molar refractivity (Wildman–Crippen MR) is 147 cm³/mol. The molecule has 9 heteroatoms. The van der Waals surface area contributed by atoms with Crippen LogP contribution in [0, 0.1) is 19.7 Å². The summed E-state index contributed by atoms with van der Waals surface area (Å²) < 4.78 is 43.2. The monoisotopic (exact) mass is 539 g/mol. The molecule has 0 bridgehead atoms. The standard InChI is InChI=1S/C29H34FN3O4S/c1-5-26(29(35)31-6-2)32(19-23-11-9-10-22(4)18-23)28(34)20-33(27-13-8-7-12-25(27)30)38(36,37)24-16-14-21(3)15-17-24/h7-18,26H,5-6,19-20H2,1-4H3,(H,31,35)/t26-/m0/s1. The largest absolute Gasteiger partial charge is 0.355 e. The van der Waals surface area contributed by atoms with Crippen LogP contribution in [0.15, 0.2) is 77.7 Å². The molecule has 3 aromatic rings. The van der Waals surface area contributed by atoms with E-state index in [1.165, 1.54) is 35.2 Å². The summed E-state index contributed by atoms with van der Waals surface area (Å²) in [4.78, 5) is 28.1. The average molecular weight is 540 g/mol. The normalized spacial score (nSPS) is 12.0. The molecular formula is C29H34FN3O4S. The molecule has 1 N–H and O–H groups in total. The summed E-state index contributed by atoms with van der Waals surface area (Å²) in [7, 11) is -4.32. The zero-order valence-corrected chi connectivity index (χ0v) is 23.0. The second-order valence-electron chi connectivity index (χ2n) is 9.11. The summed E-state index contributed by atoms with van der Waals surface area (Å²) >= 11 is 0. The Labute approximate surface area is 224 Å². The number of nitrogens with one attached hydrogen (secondary N) is 1. The fourth-order valence-electron chi connectivity index (χ4n) is 4.22. The number of nitrogens with zero attached hydrogens (tertiary/aromatic N) is 2. The molecule has 38 heavy (non-hydrogen) atoms. The van der Waals surface area contributed by atoms with Crippen LogP contribution in [0.1, 0.15) is 37.0 Å². The number of halogens is 1. The van der Waals surface area contributed by atoms with E-state index in [4.69, 9.17) is 0 Å². The Kier molecular flexibility index (Phi) is 9.63. The van der Waals surface area contributed by atoms with Crippen molar-refractivity contribution in [1.29, 1.82) is 0 Å². The molecule has 0 aliphatic carbocycles. The summed E-state index contributed by atoms with van der Waals surface area (Å²) in [6.07, 6.45) is 0.313. The van der Waals surface area contributed by atoms with Gasteiger partial charge < -0.3 is 10.2 Å². The number of likely N-dealkylation sites (N-methyl/N-ethyl adjacent to an activating group) is 1. The number of carbonyl (C=O) groups is 2. The summed E-state index contributed by atoms with van der Waals surface area (Å²) in [6, 6.07) is 18.2. The van der Waals surface area contributed by atoms with E-state index < -0.39 is 34.3 Å². The van der Waals surface area contributed by atoms with Crippen molar-refractivity contribution in [2.45, 2.75) is 51.6 Å². The van der Waals surface area contributed by atoms with E-state index >= 15 is 0 Å². The Morgan fingerprint density at radius 3 is 2.21 bits per heavy atom. The van der Waals surface area contributed by atoms with Gasteiger partial charge in [0.15, 0.2) is 0 Å². The number of hydrogen-bond acceptors (Lipinski definition) is 4. The summed E-state index contributed by atoms with van der Waals surface area (Å²) in [5, 5.41) is 2.76. The van der Waals surface area contributed by atoms with Gasteiger partial charge in [-0.1, -0.05) is 66.6 Å². The number of para-hydroxylation sites is 1. The average Bonchev–Trinajstić information content (AvgIpc) is 2.88. The molecule has 0 aliphatic rings. The van der Waals surface area contributed by atoms with E-state index in [1.807, 2.05) is 38.1 Å². The van der Waals surface area contributed by atoms with Crippen molar-refractivity contribution in [3.8, 4) is 0 Å². The second-order valence-corrected chi connectivity index (χ2v) is 11.0. The first-order valence-electron chi connectivity index (χ1n) is 12.5. The minimum absolute atomic E-state index is 0.0693. The molecule has 0 aliphatic heterocycles. The Bertz CT molecular complexity index is 1380. The molecule has 0 aromatic heterocycles. The molecule has 0 saturated heterocycles. The number of sulfonamides is 1. The van der Waals surface area contributed by atoms with Crippen molar-refractivity contribution < 1.29 is 22.4 Å². The molecule has 0 saturated carbocycles. The van der Waals surface area contributed by atoms with Gasteiger partial charge in [0.25, 0.3) is 10.0 Å². The summed E-state index contributed by atoms with van der Waals surface area (Å²) in [5.74, 6) is -1.74. The van der Waals surface area contributed by atoms with E-state index in [1.54, 1.807) is 26.0 Å². The highest BCUT2D eigenvalue weighted by Crippen LogP contribution is 2.27. The molecule has 7 nitrogen and oxygen atoms in total. The highest BCUT2D eigenvalue weighted by atomic mass is 32.2. The zero-order chi connectivity index (χ0) is 27.9. The van der Waals surface area contributed by atoms with E-state index in [-0.39, 0.29) is 23.0 Å². The Balaban J connectivity index is 2.07. The first-order chi connectivity index (χ1) is 18.1. The van der Waals surface area contributed by atoms with Gasteiger partial charge in [-0.15, -0.1) is 0 Å². The zero-order valence-electron chi connectivity index (χ0n) is 22.1. The fraction of sp³-hybridized carbons (Fsp3) is 0.310. The van der Waals surface area contributed by atoms with Crippen LogP contribution < -0.4 is 9.62 Å². The minimum Gasteiger partial charge on any atom is -0.355 e. The molecule has 0 fully saturated rings. The van der Waals surface area contributed by atoms with E-state index in [2.05, 4.69) is 5.32 Å². The molecule has 3 rings (SSSR count). The van der Waals surface area contributed by atoms with Crippen molar-refractivity contribution in [1.82, 2.24) is 10.2 Å². The Morgan fingerprint density at radius 2 is 1.61 bits per heavy atom. The number of rotatable bonds is 11. The van der Waals surface area contributed by atoms with Crippen LogP contribution in [0.4, 0.5) is 10.1 Å². The highest BCUT2D eigenvalue weighted by Gasteiger charge is 2.34. The highest BCUT2D eigenvalue weighted by molar-refractivity contribution is 7.92. The third-order valence-corrected chi connectivity index (χ3v) is 7.96. The van der Waals surface area contributed by atoms with Crippen molar-refractivity contribution in [2.75, 3.05) is 17.4 Å². The molecule has 3 aromatic carbocycles. The first-order valence-corrected chi connectivity index (χ1v) is 14.0. The third-order valence-electron chi connectivity index (χ3n) is 6.18. The topological polar surface area (TPSA) is 86.8 Å². The molecule has 0 radical (unpaired) electrons. The van der Waals surface area contributed by atoms with Crippen LogP contribution in [-0.2, 0) is 26.2 Å². The second kappa shape index (κ2) is 12.7.